The van der Waals surface area contributed by atoms with E-state index < -0.39 is 0 Å². The minimum atomic E-state index is -0.376. The Morgan fingerprint density at radius 3 is 2.79 bits per heavy atom. The standard InChI is InChI=1S/C11H12FNO/c12-10-4-2-1-3-9(10)11(13)8-5-6-14-7-8/h1-4,7,11H,5-6,13H2. The predicted octanol–water partition coefficient (Wildman–Crippen LogP) is 2.13. The number of ether oxygens (including phenoxy) is 1. The first-order valence-corrected chi connectivity index (χ1v) is 4.59. The third-order valence-corrected chi connectivity index (χ3v) is 2.38. The summed E-state index contributed by atoms with van der Waals surface area (Å²) < 4.78 is 18.4. The molecule has 1 aliphatic heterocycles. The Morgan fingerprint density at radius 1 is 1.36 bits per heavy atom. The van der Waals surface area contributed by atoms with Gasteiger partial charge in [-0.15, -0.1) is 0 Å². The van der Waals surface area contributed by atoms with Gasteiger partial charge < -0.3 is 10.5 Å². The third-order valence-electron chi connectivity index (χ3n) is 2.38. The highest BCUT2D eigenvalue weighted by Gasteiger charge is 2.18. The second-order valence-corrected chi connectivity index (χ2v) is 3.31. The van der Waals surface area contributed by atoms with Crippen LogP contribution in [-0.2, 0) is 4.74 Å². The Hall–Kier alpha value is -1.35. The summed E-state index contributed by atoms with van der Waals surface area (Å²) in [6.07, 6.45) is 2.42. The van der Waals surface area contributed by atoms with Crippen LogP contribution in [0.3, 0.4) is 0 Å². The molecule has 0 amide bonds. The molecule has 2 rings (SSSR count). The largest absolute Gasteiger partial charge is 0.501 e. The topological polar surface area (TPSA) is 35.2 Å². The lowest BCUT2D eigenvalue weighted by atomic mass is 9.99. The summed E-state index contributed by atoms with van der Waals surface area (Å²) in [6.45, 7) is 0.650. The molecule has 3 heteroatoms. The van der Waals surface area contributed by atoms with Gasteiger partial charge in [-0.05, 0) is 11.6 Å². The smallest absolute Gasteiger partial charge is 0.128 e. The molecular weight excluding hydrogens is 181 g/mol. The van der Waals surface area contributed by atoms with E-state index in [1.807, 2.05) is 0 Å². The molecule has 1 aliphatic rings. The molecule has 1 unspecified atom stereocenters. The number of hydrogen-bond acceptors (Lipinski definition) is 2. The van der Waals surface area contributed by atoms with E-state index in [4.69, 9.17) is 10.5 Å². The normalized spacial score (nSPS) is 17.4. The minimum absolute atomic E-state index is 0.257. The van der Waals surface area contributed by atoms with Crippen molar-refractivity contribution in [2.75, 3.05) is 6.61 Å². The Balaban J connectivity index is 2.26. The highest BCUT2D eigenvalue weighted by Crippen LogP contribution is 2.26. The molecule has 74 valence electrons. The molecule has 1 atom stereocenters. The van der Waals surface area contributed by atoms with E-state index in [0.29, 0.717) is 12.2 Å². The summed E-state index contributed by atoms with van der Waals surface area (Å²) in [5, 5.41) is 0. The number of rotatable bonds is 2. The quantitative estimate of drug-likeness (QED) is 0.780. The molecule has 0 bridgehead atoms. The first kappa shape index (κ1) is 9.21. The second kappa shape index (κ2) is 3.80. The molecule has 0 spiro atoms. The van der Waals surface area contributed by atoms with E-state index >= 15 is 0 Å². The first-order chi connectivity index (χ1) is 6.79. The van der Waals surface area contributed by atoms with E-state index in [-0.39, 0.29) is 11.9 Å². The van der Waals surface area contributed by atoms with Crippen molar-refractivity contribution in [2.24, 2.45) is 5.73 Å². The molecule has 2 N–H and O–H groups in total. The van der Waals surface area contributed by atoms with Crippen LogP contribution in [0.2, 0.25) is 0 Å². The van der Waals surface area contributed by atoms with Crippen molar-refractivity contribution in [1.29, 1.82) is 0 Å². The molecule has 0 aliphatic carbocycles. The van der Waals surface area contributed by atoms with E-state index in [2.05, 4.69) is 0 Å². The Morgan fingerprint density at radius 2 is 2.14 bits per heavy atom. The third kappa shape index (κ3) is 1.63. The van der Waals surface area contributed by atoms with Crippen LogP contribution in [-0.4, -0.2) is 6.61 Å². The molecule has 1 aromatic rings. The summed E-state index contributed by atoms with van der Waals surface area (Å²) in [5.41, 5.74) is 7.40. The minimum Gasteiger partial charge on any atom is -0.501 e. The van der Waals surface area contributed by atoms with Gasteiger partial charge in [0.25, 0.3) is 0 Å². The average Bonchev–Trinajstić information content (AvgIpc) is 2.70. The predicted molar refractivity (Wildman–Crippen MR) is 52.0 cm³/mol. The lowest BCUT2D eigenvalue weighted by Crippen LogP contribution is -2.14. The van der Waals surface area contributed by atoms with Gasteiger partial charge in [-0.3, -0.25) is 0 Å². The van der Waals surface area contributed by atoms with Crippen LogP contribution in [0.4, 0.5) is 4.39 Å². The van der Waals surface area contributed by atoms with Crippen LogP contribution in [0.1, 0.15) is 18.0 Å². The molecule has 0 saturated heterocycles. The second-order valence-electron chi connectivity index (χ2n) is 3.31. The summed E-state index contributed by atoms with van der Waals surface area (Å²) in [7, 11) is 0. The van der Waals surface area contributed by atoms with Crippen LogP contribution in [0, 0.1) is 5.82 Å². The van der Waals surface area contributed by atoms with Crippen LogP contribution in [0.25, 0.3) is 0 Å². The Bertz CT molecular complexity index is 362. The molecule has 0 aromatic heterocycles. The van der Waals surface area contributed by atoms with E-state index in [1.165, 1.54) is 6.07 Å². The highest BCUT2D eigenvalue weighted by atomic mass is 19.1. The van der Waals surface area contributed by atoms with Gasteiger partial charge >= 0.3 is 0 Å². The van der Waals surface area contributed by atoms with Gasteiger partial charge in [-0.25, -0.2) is 4.39 Å². The van der Waals surface area contributed by atoms with Crippen molar-refractivity contribution in [3.8, 4) is 0 Å². The van der Waals surface area contributed by atoms with Gasteiger partial charge in [0.1, 0.15) is 5.82 Å². The fourth-order valence-electron chi connectivity index (χ4n) is 1.56. The van der Waals surface area contributed by atoms with E-state index in [9.17, 15) is 4.39 Å². The van der Waals surface area contributed by atoms with E-state index in [0.717, 1.165) is 12.0 Å². The highest BCUT2D eigenvalue weighted by molar-refractivity contribution is 5.29. The summed E-state index contributed by atoms with van der Waals surface area (Å²) >= 11 is 0. The molecule has 1 heterocycles. The molecule has 0 saturated carbocycles. The van der Waals surface area contributed by atoms with Gasteiger partial charge in [-0.1, -0.05) is 18.2 Å². The van der Waals surface area contributed by atoms with Gasteiger partial charge in [0, 0.05) is 12.0 Å². The van der Waals surface area contributed by atoms with Crippen molar-refractivity contribution in [1.82, 2.24) is 0 Å². The molecule has 0 fully saturated rings. The molecular formula is C11H12FNO. The van der Waals surface area contributed by atoms with Crippen molar-refractivity contribution in [3.63, 3.8) is 0 Å². The Labute approximate surface area is 82.2 Å². The molecule has 2 nitrogen and oxygen atoms in total. The number of benzene rings is 1. The SMILES string of the molecule is NC(C1=COCC1)c1ccccc1F. The van der Waals surface area contributed by atoms with Crippen molar-refractivity contribution in [3.05, 3.63) is 47.5 Å². The van der Waals surface area contributed by atoms with Gasteiger partial charge in [0.2, 0.25) is 0 Å². The lowest BCUT2D eigenvalue weighted by molar-refractivity contribution is 0.281. The number of nitrogens with two attached hydrogens (primary N) is 1. The van der Waals surface area contributed by atoms with Crippen LogP contribution in [0.5, 0.6) is 0 Å². The van der Waals surface area contributed by atoms with Crippen molar-refractivity contribution < 1.29 is 9.13 Å². The van der Waals surface area contributed by atoms with Crippen LogP contribution in [0.15, 0.2) is 36.1 Å². The molecule has 0 radical (unpaired) electrons. The zero-order valence-corrected chi connectivity index (χ0v) is 7.74. The van der Waals surface area contributed by atoms with Crippen LogP contribution < -0.4 is 5.73 Å². The summed E-state index contributed by atoms with van der Waals surface area (Å²) in [6, 6.07) is 6.20. The summed E-state index contributed by atoms with van der Waals surface area (Å²) in [5.74, 6) is -0.257. The average molecular weight is 193 g/mol. The van der Waals surface area contributed by atoms with E-state index in [1.54, 1.807) is 24.5 Å². The first-order valence-electron chi connectivity index (χ1n) is 4.59. The van der Waals surface area contributed by atoms with Gasteiger partial charge in [0.05, 0.1) is 18.9 Å². The van der Waals surface area contributed by atoms with Gasteiger partial charge in [-0.2, -0.15) is 0 Å². The van der Waals surface area contributed by atoms with Gasteiger partial charge in [0.15, 0.2) is 0 Å². The lowest BCUT2D eigenvalue weighted by Gasteiger charge is -2.12. The number of halogens is 1. The maximum absolute atomic E-state index is 13.3. The zero-order chi connectivity index (χ0) is 9.97. The maximum atomic E-state index is 13.3. The fraction of sp³-hybridized carbons (Fsp3) is 0.273. The monoisotopic (exact) mass is 193 g/mol. The zero-order valence-electron chi connectivity index (χ0n) is 7.74. The fourth-order valence-corrected chi connectivity index (χ4v) is 1.56. The molecule has 1 aromatic carbocycles. The molecule has 14 heavy (non-hydrogen) atoms. The van der Waals surface area contributed by atoms with Crippen molar-refractivity contribution >= 4 is 0 Å². The Kier molecular flexibility index (Phi) is 2.50. The number of hydrogen-bond donors (Lipinski definition) is 1. The van der Waals surface area contributed by atoms with Crippen LogP contribution >= 0.6 is 0 Å². The van der Waals surface area contributed by atoms with Crippen molar-refractivity contribution in [2.45, 2.75) is 12.5 Å². The summed E-state index contributed by atoms with van der Waals surface area (Å²) in [4.78, 5) is 0. The maximum Gasteiger partial charge on any atom is 0.128 e.